The van der Waals surface area contributed by atoms with Gasteiger partial charge in [0, 0.05) is 62.6 Å². The zero-order valence-electron chi connectivity index (χ0n) is 24.0. The van der Waals surface area contributed by atoms with Gasteiger partial charge in [-0.05, 0) is 111 Å². The highest BCUT2D eigenvalue weighted by molar-refractivity contribution is 5.70. The average Bonchev–Trinajstić information content (AvgIpc) is 3.56. The second-order valence-electron chi connectivity index (χ2n) is 11.0. The van der Waals surface area contributed by atoms with Crippen molar-refractivity contribution in [2.45, 2.75) is 66.4 Å². The smallest absolute Gasteiger partial charge is 0.303 e. The summed E-state index contributed by atoms with van der Waals surface area (Å²) in [6, 6.07) is 2.06. The van der Waals surface area contributed by atoms with E-state index in [0.29, 0.717) is 12.8 Å². The number of rotatable bonds is 7. The van der Waals surface area contributed by atoms with Crippen LogP contribution in [0.5, 0.6) is 0 Å². The van der Waals surface area contributed by atoms with Crippen LogP contribution < -0.4 is 21.4 Å². The van der Waals surface area contributed by atoms with Crippen LogP contribution in [0.1, 0.15) is 87.6 Å². The zero-order chi connectivity index (χ0) is 29.6. The van der Waals surface area contributed by atoms with Gasteiger partial charge >= 0.3 is 11.9 Å². The summed E-state index contributed by atoms with van der Waals surface area (Å²) in [6.07, 6.45) is 7.96. The van der Waals surface area contributed by atoms with Gasteiger partial charge in [0.1, 0.15) is 0 Å². The lowest BCUT2D eigenvalue weighted by Crippen LogP contribution is -2.14. The van der Waals surface area contributed by atoms with Crippen molar-refractivity contribution in [3.05, 3.63) is 89.2 Å². The number of aryl methyl sites for hydroxylation is 1. The van der Waals surface area contributed by atoms with Gasteiger partial charge in [0.2, 0.25) is 0 Å². The number of fused-ring (bicyclic) bond motifs is 8. The van der Waals surface area contributed by atoms with Gasteiger partial charge in [0.15, 0.2) is 0 Å². The Morgan fingerprint density at radius 1 is 0.683 bits per heavy atom. The number of aliphatic carboxylic acids is 2. The fourth-order valence-electron chi connectivity index (χ4n) is 5.87. The molecular weight excluding hydrogens is 520 g/mol. The van der Waals surface area contributed by atoms with E-state index < -0.39 is 18.0 Å². The summed E-state index contributed by atoms with van der Waals surface area (Å²) in [6.45, 7) is 9.71. The predicted molar refractivity (Wildman–Crippen MR) is 157 cm³/mol. The average molecular weight is 557 g/mol. The molecule has 0 saturated heterocycles. The Hall–Kier alpha value is -4.50. The molecule has 0 fully saturated rings. The molecule has 4 aromatic heterocycles. The van der Waals surface area contributed by atoms with E-state index in [0.717, 1.165) is 83.1 Å². The van der Waals surface area contributed by atoms with Crippen LogP contribution >= 0.6 is 0 Å². The number of aromatic amines is 4. The molecule has 214 valence electrons. The third kappa shape index (κ3) is 5.45. The van der Waals surface area contributed by atoms with Gasteiger partial charge in [-0.1, -0.05) is 0 Å². The molecule has 7 N–H and O–H groups in total. The Kier molecular flexibility index (Phi) is 7.40. The van der Waals surface area contributed by atoms with Gasteiger partial charge < -0.3 is 35.3 Å². The Bertz CT molecular complexity index is 1930. The molecule has 5 rings (SSSR count). The normalized spacial score (nSPS) is 13.1. The molecule has 1 unspecified atom stereocenters. The Morgan fingerprint density at radius 2 is 1.27 bits per heavy atom. The number of carboxylic acids is 2. The van der Waals surface area contributed by atoms with Crippen LogP contribution in [0.25, 0.3) is 24.3 Å². The van der Waals surface area contributed by atoms with Crippen molar-refractivity contribution < 1.29 is 24.9 Å². The third-order valence-corrected chi connectivity index (χ3v) is 8.11. The van der Waals surface area contributed by atoms with E-state index in [1.54, 1.807) is 6.92 Å². The summed E-state index contributed by atoms with van der Waals surface area (Å²) in [5.74, 6) is -1.75. The maximum Gasteiger partial charge on any atom is 0.303 e. The molecule has 1 atom stereocenters. The number of hydrogen-bond acceptors (Lipinski definition) is 3. The molecule has 0 amide bonds. The van der Waals surface area contributed by atoms with E-state index in [1.807, 2.05) is 52.0 Å². The van der Waals surface area contributed by atoms with Gasteiger partial charge in [-0.3, -0.25) is 9.59 Å². The first-order valence-electron chi connectivity index (χ1n) is 13.8. The molecule has 5 heterocycles. The van der Waals surface area contributed by atoms with Crippen molar-refractivity contribution >= 4 is 36.2 Å². The summed E-state index contributed by atoms with van der Waals surface area (Å²) in [4.78, 5) is 37.0. The minimum Gasteiger partial charge on any atom is -0.481 e. The fraction of sp³-hybridized carbons (Fsp3) is 0.312. The maximum atomic E-state index is 11.5. The van der Waals surface area contributed by atoms with Gasteiger partial charge in [0.05, 0.1) is 6.10 Å². The number of nitrogens with one attached hydrogen (secondary N) is 4. The molecule has 0 spiro atoms. The highest BCUT2D eigenvalue weighted by Crippen LogP contribution is 2.26. The highest BCUT2D eigenvalue weighted by atomic mass is 16.4. The van der Waals surface area contributed by atoms with Crippen molar-refractivity contribution in [1.82, 2.24) is 19.9 Å². The zero-order valence-corrected chi connectivity index (χ0v) is 24.0. The van der Waals surface area contributed by atoms with E-state index in [4.69, 9.17) is 0 Å². The molecule has 0 radical (unpaired) electrons. The molecule has 1 aliphatic rings. The molecule has 0 aliphatic carbocycles. The molecule has 0 aromatic carbocycles. The minimum absolute atomic E-state index is 0.00578. The lowest BCUT2D eigenvalue weighted by atomic mass is 10.0. The van der Waals surface area contributed by atoms with E-state index in [1.165, 1.54) is 0 Å². The molecule has 9 heteroatoms. The predicted octanol–water partition coefficient (Wildman–Crippen LogP) is 1.95. The Balaban J connectivity index is 1.88. The van der Waals surface area contributed by atoms with Crippen molar-refractivity contribution in [2.24, 2.45) is 0 Å². The molecule has 4 aromatic rings. The SMILES string of the molecule is Cc1c2[nH]c(c1CCC(=O)O)C=c1[nH]c(c(C)c1CCC(=O)O)=Cc1[nH]c(c(C(C)O)c1C)C=c1[nH]c(cc1C)=C2. The molecule has 41 heavy (non-hydrogen) atoms. The topological polar surface area (TPSA) is 158 Å². The lowest BCUT2D eigenvalue weighted by Gasteiger charge is -2.05. The van der Waals surface area contributed by atoms with Crippen molar-refractivity contribution in [3.8, 4) is 0 Å². The third-order valence-electron chi connectivity index (χ3n) is 8.11. The van der Waals surface area contributed by atoms with Gasteiger partial charge in [-0.15, -0.1) is 0 Å². The maximum absolute atomic E-state index is 11.5. The van der Waals surface area contributed by atoms with Crippen LogP contribution in [-0.4, -0.2) is 47.2 Å². The number of hydrogen-bond donors (Lipinski definition) is 7. The van der Waals surface area contributed by atoms with Gasteiger partial charge in [-0.2, -0.15) is 0 Å². The first kappa shape index (κ1) is 28.0. The van der Waals surface area contributed by atoms with E-state index >= 15 is 0 Å². The summed E-state index contributed by atoms with van der Waals surface area (Å²) in [5.41, 5.74) is 9.79. The van der Waals surface area contributed by atoms with Crippen molar-refractivity contribution in [2.75, 3.05) is 0 Å². The largest absolute Gasteiger partial charge is 0.481 e. The summed E-state index contributed by atoms with van der Waals surface area (Å²) >= 11 is 0. The number of carboxylic acid groups (broad SMARTS) is 2. The lowest BCUT2D eigenvalue weighted by molar-refractivity contribution is -0.138. The number of aromatic nitrogens is 4. The first-order valence-corrected chi connectivity index (χ1v) is 13.8. The fourth-order valence-corrected chi connectivity index (χ4v) is 5.87. The molecule has 0 saturated carbocycles. The van der Waals surface area contributed by atoms with Crippen LogP contribution in [0.3, 0.4) is 0 Å². The molecule has 1 aliphatic heterocycles. The molecule has 8 bridgehead atoms. The molecule has 9 nitrogen and oxygen atoms in total. The first-order chi connectivity index (χ1) is 19.4. The number of aliphatic hydroxyl groups is 1. The standard InChI is InChI=1S/C32H36N4O5/c1-15-10-20-11-24-16(2)21(6-8-30(38)39)27(34-24)14-28-22(7-9-31(40)41)17(3)25(35-28)13-26-18(4)32(19(5)37)29(36-26)12-23(15)33-20/h10-14,19,33-37H,6-9H2,1-5H3,(H,38,39)(H,40,41). The second-order valence-corrected chi connectivity index (χ2v) is 11.0. The minimum atomic E-state index is -0.877. The summed E-state index contributed by atoms with van der Waals surface area (Å²) in [7, 11) is 0. The molecular formula is C32H36N4O5. The summed E-state index contributed by atoms with van der Waals surface area (Å²) in [5, 5.41) is 32.9. The van der Waals surface area contributed by atoms with Crippen LogP contribution in [0.15, 0.2) is 6.07 Å². The van der Waals surface area contributed by atoms with Crippen LogP contribution in [0.4, 0.5) is 0 Å². The van der Waals surface area contributed by atoms with Gasteiger partial charge in [-0.25, -0.2) is 0 Å². The van der Waals surface area contributed by atoms with Crippen LogP contribution in [-0.2, 0) is 22.4 Å². The number of H-pyrrole nitrogens is 4. The van der Waals surface area contributed by atoms with Crippen LogP contribution in [0.2, 0.25) is 0 Å². The van der Waals surface area contributed by atoms with E-state index in [-0.39, 0.29) is 12.8 Å². The highest BCUT2D eigenvalue weighted by Gasteiger charge is 2.18. The monoisotopic (exact) mass is 556 g/mol. The summed E-state index contributed by atoms with van der Waals surface area (Å²) < 4.78 is 0. The van der Waals surface area contributed by atoms with E-state index in [9.17, 15) is 24.9 Å². The number of carbonyl (C=O) groups is 2. The van der Waals surface area contributed by atoms with Crippen LogP contribution in [0, 0.1) is 27.7 Å². The second kappa shape index (κ2) is 10.8. The van der Waals surface area contributed by atoms with Crippen molar-refractivity contribution in [3.63, 3.8) is 0 Å². The Morgan fingerprint density at radius 3 is 1.93 bits per heavy atom. The van der Waals surface area contributed by atoms with Crippen molar-refractivity contribution in [1.29, 1.82) is 0 Å². The quantitative estimate of drug-likeness (QED) is 0.163. The Labute approximate surface area is 236 Å². The van der Waals surface area contributed by atoms with Gasteiger partial charge in [0.25, 0.3) is 0 Å². The number of aliphatic hydroxyl groups excluding tert-OH is 1. The van der Waals surface area contributed by atoms with E-state index in [2.05, 4.69) is 26.0 Å².